The summed E-state index contributed by atoms with van der Waals surface area (Å²) in [5, 5.41) is 3.55. The Morgan fingerprint density at radius 1 is 1.14 bits per heavy atom. The lowest BCUT2D eigenvalue weighted by molar-refractivity contribution is 0.276. The van der Waals surface area contributed by atoms with E-state index in [-0.39, 0.29) is 0 Å². The van der Waals surface area contributed by atoms with Crippen LogP contribution in [0.4, 0.5) is 5.69 Å². The van der Waals surface area contributed by atoms with Gasteiger partial charge in [-0.05, 0) is 55.4 Å². The van der Waals surface area contributed by atoms with Gasteiger partial charge in [-0.3, -0.25) is 0 Å². The van der Waals surface area contributed by atoms with E-state index in [9.17, 15) is 8.42 Å². The highest BCUT2D eigenvalue weighted by Gasteiger charge is 2.25. The van der Waals surface area contributed by atoms with Gasteiger partial charge in [-0.25, -0.2) is 13.1 Å². The number of rotatable bonds is 5. The van der Waals surface area contributed by atoms with Crippen molar-refractivity contribution >= 4 is 15.7 Å². The van der Waals surface area contributed by atoms with Crippen LogP contribution in [0, 0.1) is 11.8 Å². The van der Waals surface area contributed by atoms with Crippen LogP contribution in [0.2, 0.25) is 0 Å². The molecule has 1 aromatic carbocycles. The molecule has 1 aliphatic carbocycles. The Morgan fingerprint density at radius 3 is 2.38 bits per heavy atom. The molecular formula is C16H26N2O2S. The molecule has 0 amide bonds. The van der Waals surface area contributed by atoms with Crippen LogP contribution in [0.1, 0.15) is 40.0 Å². The van der Waals surface area contributed by atoms with Crippen molar-refractivity contribution in [2.75, 3.05) is 11.9 Å². The van der Waals surface area contributed by atoms with Gasteiger partial charge < -0.3 is 5.32 Å². The van der Waals surface area contributed by atoms with E-state index in [1.807, 2.05) is 12.1 Å². The molecular weight excluding hydrogens is 284 g/mol. The SMILES string of the molecule is CCNS(=O)(=O)c1ccc(NC2CCC(C)CC2C)cc1. The van der Waals surface area contributed by atoms with Crippen molar-refractivity contribution in [1.82, 2.24) is 4.72 Å². The minimum absolute atomic E-state index is 0.320. The van der Waals surface area contributed by atoms with Crippen LogP contribution in [-0.2, 0) is 10.0 Å². The third kappa shape index (κ3) is 4.20. The molecule has 3 unspecified atom stereocenters. The summed E-state index contributed by atoms with van der Waals surface area (Å²) in [6.07, 6.45) is 3.69. The van der Waals surface area contributed by atoms with Gasteiger partial charge in [0.1, 0.15) is 0 Å². The molecule has 1 saturated carbocycles. The van der Waals surface area contributed by atoms with Gasteiger partial charge in [-0.2, -0.15) is 0 Å². The van der Waals surface area contributed by atoms with Crippen molar-refractivity contribution < 1.29 is 8.42 Å². The average Bonchev–Trinajstić information content (AvgIpc) is 2.42. The molecule has 2 rings (SSSR count). The van der Waals surface area contributed by atoms with E-state index in [2.05, 4.69) is 23.9 Å². The molecule has 0 bridgehead atoms. The molecule has 3 atom stereocenters. The predicted molar refractivity (Wildman–Crippen MR) is 86.9 cm³/mol. The molecule has 0 aliphatic heterocycles. The average molecular weight is 310 g/mol. The highest BCUT2D eigenvalue weighted by Crippen LogP contribution is 2.30. The zero-order chi connectivity index (χ0) is 15.5. The Hall–Kier alpha value is -1.07. The fourth-order valence-electron chi connectivity index (χ4n) is 3.10. The van der Waals surface area contributed by atoms with Crippen LogP contribution in [0.5, 0.6) is 0 Å². The van der Waals surface area contributed by atoms with Gasteiger partial charge in [0.25, 0.3) is 0 Å². The summed E-state index contributed by atoms with van der Waals surface area (Å²) >= 11 is 0. The van der Waals surface area contributed by atoms with Crippen LogP contribution in [0.15, 0.2) is 29.2 Å². The maximum atomic E-state index is 11.9. The lowest BCUT2D eigenvalue weighted by Gasteiger charge is -2.33. The standard InChI is InChI=1S/C16H26N2O2S/c1-4-17-21(19,20)15-8-6-14(7-9-15)18-16-10-5-12(2)11-13(16)3/h6-9,12-13,16-18H,4-5,10-11H2,1-3H3. The first-order valence-electron chi connectivity index (χ1n) is 7.78. The van der Waals surface area contributed by atoms with Gasteiger partial charge in [0.15, 0.2) is 0 Å². The number of hydrogen-bond donors (Lipinski definition) is 2. The van der Waals surface area contributed by atoms with E-state index in [0.717, 1.165) is 11.6 Å². The van der Waals surface area contributed by atoms with Gasteiger partial charge in [0.2, 0.25) is 10.0 Å². The Kier molecular flexibility index (Phi) is 5.27. The Morgan fingerprint density at radius 2 is 1.81 bits per heavy atom. The molecule has 0 heterocycles. The zero-order valence-corrected chi connectivity index (χ0v) is 13.9. The highest BCUT2D eigenvalue weighted by atomic mass is 32.2. The van der Waals surface area contributed by atoms with Crippen molar-refractivity contribution in [2.24, 2.45) is 11.8 Å². The Labute approximate surface area is 128 Å². The highest BCUT2D eigenvalue weighted by molar-refractivity contribution is 7.89. The molecule has 1 aromatic rings. The maximum Gasteiger partial charge on any atom is 0.240 e. The molecule has 4 nitrogen and oxygen atoms in total. The van der Waals surface area contributed by atoms with Crippen molar-refractivity contribution in [3.05, 3.63) is 24.3 Å². The third-order valence-electron chi connectivity index (χ3n) is 4.28. The number of anilines is 1. The summed E-state index contributed by atoms with van der Waals surface area (Å²) < 4.78 is 26.3. The third-order valence-corrected chi connectivity index (χ3v) is 5.84. The summed E-state index contributed by atoms with van der Waals surface area (Å²) in [5.41, 5.74) is 0.997. The molecule has 1 fully saturated rings. The molecule has 0 spiro atoms. The quantitative estimate of drug-likeness (QED) is 0.878. The van der Waals surface area contributed by atoms with Crippen LogP contribution >= 0.6 is 0 Å². The first-order chi connectivity index (χ1) is 9.92. The van der Waals surface area contributed by atoms with Gasteiger partial charge in [0.05, 0.1) is 4.90 Å². The second-order valence-electron chi connectivity index (χ2n) is 6.17. The fraction of sp³-hybridized carbons (Fsp3) is 0.625. The van der Waals surface area contributed by atoms with Crippen molar-refractivity contribution in [2.45, 2.75) is 51.0 Å². The van der Waals surface area contributed by atoms with Gasteiger partial charge >= 0.3 is 0 Å². The number of sulfonamides is 1. The first kappa shape index (κ1) is 16.3. The second-order valence-corrected chi connectivity index (χ2v) is 7.94. The van der Waals surface area contributed by atoms with Crippen LogP contribution in [0.3, 0.4) is 0 Å². The van der Waals surface area contributed by atoms with Crippen LogP contribution in [-0.4, -0.2) is 21.0 Å². The topological polar surface area (TPSA) is 58.2 Å². The van der Waals surface area contributed by atoms with E-state index >= 15 is 0 Å². The van der Waals surface area contributed by atoms with Gasteiger partial charge in [0, 0.05) is 18.3 Å². The summed E-state index contributed by atoms with van der Waals surface area (Å²) in [4.78, 5) is 0.320. The monoisotopic (exact) mass is 310 g/mol. The maximum absolute atomic E-state index is 11.9. The first-order valence-corrected chi connectivity index (χ1v) is 9.27. The van der Waals surface area contributed by atoms with Crippen molar-refractivity contribution in [3.8, 4) is 0 Å². The fourth-order valence-corrected chi connectivity index (χ4v) is 4.14. The van der Waals surface area contributed by atoms with Gasteiger partial charge in [-0.1, -0.05) is 20.8 Å². The number of hydrogen-bond acceptors (Lipinski definition) is 3. The van der Waals surface area contributed by atoms with Crippen LogP contribution in [0.25, 0.3) is 0 Å². The van der Waals surface area contributed by atoms with E-state index in [4.69, 9.17) is 0 Å². The summed E-state index contributed by atoms with van der Waals surface area (Å²) in [6.45, 7) is 6.78. The number of benzene rings is 1. The van der Waals surface area contributed by atoms with Crippen LogP contribution < -0.4 is 10.0 Å². The molecule has 2 N–H and O–H groups in total. The molecule has 1 aliphatic rings. The van der Waals surface area contributed by atoms with E-state index < -0.39 is 10.0 Å². The molecule has 5 heteroatoms. The van der Waals surface area contributed by atoms with E-state index in [1.165, 1.54) is 19.3 Å². The normalized spacial score (nSPS) is 26.5. The van der Waals surface area contributed by atoms with Crippen molar-refractivity contribution in [3.63, 3.8) is 0 Å². The molecule has 0 saturated heterocycles. The Bertz CT molecular complexity index is 554. The minimum Gasteiger partial charge on any atom is -0.382 e. The minimum atomic E-state index is -3.36. The summed E-state index contributed by atoms with van der Waals surface area (Å²) in [5.74, 6) is 1.46. The zero-order valence-electron chi connectivity index (χ0n) is 13.1. The van der Waals surface area contributed by atoms with Gasteiger partial charge in [-0.15, -0.1) is 0 Å². The largest absolute Gasteiger partial charge is 0.382 e. The predicted octanol–water partition coefficient (Wildman–Crippen LogP) is 3.22. The van der Waals surface area contributed by atoms with E-state index in [0.29, 0.717) is 23.4 Å². The summed E-state index contributed by atoms with van der Waals surface area (Å²) in [6, 6.07) is 7.52. The van der Waals surface area contributed by atoms with E-state index in [1.54, 1.807) is 19.1 Å². The second kappa shape index (κ2) is 6.79. The molecule has 0 aromatic heterocycles. The lowest BCUT2D eigenvalue weighted by Crippen LogP contribution is -2.33. The summed E-state index contributed by atoms with van der Waals surface area (Å²) in [7, 11) is -3.36. The lowest BCUT2D eigenvalue weighted by atomic mass is 9.80. The number of nitrogens with one attached hydrogen (secondary N) is 2. The van der Waals surface area contributed by atoms with Crippen molar-refractivity contribution in [1.29, 1.82) is 0 Å². The Balaban J connectivity index is 2.03. The molecule has 118 valence electrons. The smallest absolute Gasteiger partial charge is 0.240 e. The molecule has 21 heavy (non-hydrogen) atoms. The molecule has 0 radical (unpaired) electrons.